The number of thiol groups is 1. The lowest BCUT2D eigenvalue weighted by atomic mass is 10.00. The molecule has 0 bridgehead atoms. The van der Waals surface area contributed by atoms with Crippen molar-refractivity contribution in [1.29, 1.82) is 0 Å². The second-order valence-corrected chi connectivity index (χ2v) is 3.01. The van der Waals surface area contributed by atoms with E-state index in [4.69, 9.17) is 9.84 Å². The highest BCUT2D eigenvalue weighted by molar-refractivity contribution is 7.75. The van der Waals surface area contributed by atoms with Crippen molar-refractivity contribution in [3.8, 4) is 0 Å². The van der Waals surface area contributed by atoms with E-state index in [-0.39, 0.29) is 0 Å². The minimum atomic E-state index is -1.41. The van der Waals surface area contributed by atoms with Gasteiger partial charge in [-0.1, -0.05) is 0 Å². The van der Waals surface area contributed by atoms with E-state index < -0.39 is 37.3 Å². The van der Waals surface area contributed by atoms with Crippen LogP contribution in [-0.2, 0) is 8.92 Å². The summed E-state index contributed by atoms with van der Waals surface area (Å²) in [4.78, 5) is 0. The first-order valence-corrected chi connectivity index (χ1v) is 4.09. The molecule has 5 atom stereocenters. The quantitative estimate of drug-likeness (QED) is 0.259. The summed E-state index contributed by atoms with van der Waals surface area (Å²) in [6.45, 7) is -0.474. The Morgan fingerprint density at radius 2 is 1.77 bits per heavy atom. The Balaban J connectivity index is 2.66. The van der Waals surface area contributed by atoms with Gasteiger partial charge in [0.1, 0.15) is 24.4 Å². The molecule has 13 heavy (non-hydrogen) atoms. The molecule has 0 spiro atoms. The lowest BCUT2D eigenvalue weighted by Crippen LogP contribution is -2.58. The van der Waals surface area contributed by atoms with Crippen molar-refractivity contribution in [3.63, 3.8) is 0 Å². The number of aliphatic hydroxyl groups is 4. The number of hydrogen-bond donors (Lipinski definition) is 5. The second kappa shape index (κ2) is 4.56. The molecule has 1 fully saturated rings. The third-order valence-corrected chi connectivity index (χ3v) is 2.16. The predicted molar refractivity (Wildman–Crippen MR) is 43.8 cm³/mol. The first-order chi connectivity index (χ1) is 6.11. The van der Waals surface area contributed by atoms with E-state index in [1.165, 1.54) is 0 Å². The van der Waals surface area contributed by atoms with E-state index in [1.807, 2.05) is 0 Å². The normalized spacial score (nSPS) is 46.4. The third-order valence-electron chi connectivity index (χ3n) is 1.95. The van der Waals surface area contributed by atoms with Gasteiger partial charge in [0.05, 0.1) is 6.61 Å². The van der Waals surface area contributed by atoms with Gasteiger partial charge >= 0.3 is 0 Å². The number of ether oxygens (including phenoxy) is 1. The fraction of sp³-hybridized carbons (Fsp3) is 1.00. The first-order valence-electron chi connectivity index (χ1n) is 3.72. The first kappa shape index (κ1) is 11.2. The lowest BCUT2D eigenvalue weighted by molar-refractivity contribution is -0.273. The largest absolute Gasteiger partial charge is 0.394 e. The maximum atomic E-state index is 9.25. The second-order valence-electron chi connectivity index (χ2n) is 2.80. The third kappa shape index (κ3) is 2.13. The highest BCUT2D eigenvalue weighted by atomic mass is 32.1. The van der Waals surface area contributed by atoms with Crippen LogP contribution in [-0.4, -0.2) is 57.7 Å². The van der Waals surface area contributed by atoms with E-state index in [1.54, 1.807) is 0 Å². The minimum Gasteiger partial charge on any atom is -0.394 e. The summed E-state index contributed by atoms with van der Waals surface area (Å²) in [6, 6.07) is 0. The minimum absolute atomic E-state index is 0.474. The zero-order valence-corrected chi connectivity index (χ0v) is 7.54. The predicted octanol–water partition coefficient (Wildman–Crippen LogP) is -2.35. The van der Waals surface area contributed by atoms with Gasteiger partial charge in [-0.2, -0.15) is 0 Å². The monoisotopic (exact) mass is 212 g/mol. The van der Waals surface area contributed by atoms with Crippen molar-refractivity contribution < 1.29 is 29.3 Å². The molecule has 0 aromatic heterocycles. The molecule has 1 aliphatic rings. The van der Waals surface area contributed by atoms with Crippen molar-refractivity contribution in [2.24, 2.45) is 0 Å². The topological polar surface area (TPSA) is 99.4 Å². The highest BCUT2D eigenvalue weighted by Gasteiger charge is 2.43. The van der Waals surface area contributed by atoms with Gasteiger partial charge in [0.25, 0.3) is 0 Å². The van der Waals surface area contributed by atoms with Crippen LogP contribution in [0.4, 0.5) is 0 Å². The SMILES string of the molecule is OC[C@H]1O[C@H](OS)[C@@H](O)[C@@H](O)[C@@H]1O. The van der Waals surface area contributed by atoms with Gasteiger partial charge in [-0.15, -0.1) is 0 Å². The Bertz CT molecular complexity index is 147. The van der Waals surface area contributed by atoms with E-state index in [0.29, 0.717) is 0 Å². The molecule has 4 N–H and O–H groups in total. The Kier molecular flexibility index (Phi) is 3.92. The summed E-state index contributed by atoms with van der Waals surface area (Å²) >= 11 is 3.41. The fourth-order valence-corrected chi connectivity index (χ4v) is 1.33. The van der Waals surface area contributed by atoms with E-state index in [0.717, 1.165) is 0 Å². The van der Waals surface area contributed by atoms with Crippen LogP contribution < -0.4 is 0 Å². The summed E-state index contributed by atoms with van der Waals surface area (Å²) in [5.74, 6) is 0. The summed E-state index contributed by atoms with van der Waals surface area (Å²) in [6.07, 6.45) is -6.26. The van der Waals surface area contributed by atoms with Crippen LogP contribution >= 0.6 is 12.9 Å². The molecule has 0 amide bonds. The lowest BCUT2D eigenvalue weighted by Gasteiger charge is -2.38. The van der Waals surface area contributed by atoms with Crippen molar-refractivity contribution in [2.75, 3.05) is 6.61 Å². The average molecular weight is 212 g/mol. The Hall–Kier alpha value is 0.110. The van der Waals surface area contributed by atoms with Crippen LogP contribution in [0.1, 0.15) is 0 Å². The van der Waals surface area contributed by atoms with Gasteiger partial charge in [-0.3, -0.25) is 4.18 Å². The molecule has 6 nitrogen and oxygen atoms in total. The highest BCUT2D eigenvalue weighted by Crippen LogP contribution is 2.22. The maximum Gasteiger partial charge on any atom is 0.199 e. The van der Waals surface area contributed by atoms with Crippen LogP contribution in [0, 0.1) is 0 Å². The molecule has 7 heteroatoms. The van der Waals surface area contributed by atoms with E-state index in [9.17, 15) is 15.3 Å². The molecule has 78 valence electrons. The van der Waals surface area contributed by atoms with Gasteiger partial charge in [-0.25, -0.2) is 0 Å². The van der Waals surface area contributed by atoms with Crippen molar-refractivity contribution in [2.45, 2.75) is 30.7 Å². The molecule has 1 heterocycles. The Morgan fingerprint density at radius 3 is 2.23 bits per heavy atom. The molecular weight excluding hydrogens is 200 g/mol. The molecule has 0 aromatic carbocycles. The van der Waals surface area contributed by atoms with Crippen LogP contribution in [0.25, 0.3) is 0 Å². The Labute approximate surface area is 80.3 Å². The molecule has 1 rings (SSSR count). The van der Waals surface area contributed by atoms with Gasteiger partial charge in [-0.05, 0) is 12.9 Å². The van der Waals surface area contributed by atoms with Gasteiger partial charge in [0, 0.05) is 0 Å². The fourth-order valence-electron chi connectivity index (χ4n) is 1.15. The number of aliphatic hydroxyl groups excluding tert-OH is 4. The zero-order valence-electron chi connectivity index (χ0n) is 6.65. The van der Waals surface area contributed by atoms with E-state index >= 15 is 0 Å². The molecule has 0 saturated carbocycles. The standard InChI is InChI=1S/C6H12O6S/c7-1-2-3(8)4(9)5(10)6(11-2)12-13/h2-10,13H,1H2/t2-,3-,4+,5+,6-/m1/s1. The van der Waals surface area contributed by atoms with Gasteiger partial charge in [0.2, 0.25) is 0 Å². The van der Waals surface area contributed by atoms with Crippen LogP contribution in [0.3, 0.4) is 0 Å². The van der Waals surface area contributed by atoms with Crippen LogP contribution in [0.5, 0.6) is 0 Å². The van der Waals surface area contributed by atoms with Gasteiger partial charge in [0.15, 0.2) is 6.29 Å². The molecular formula is C6H12O6S. The molecule has 0 aromatic rings. The van der Waals surface area contributed by atoms with Gasteiger partial charge < -0.3 is 25.2 Å². The van der Waals surface area contributed by atoms with Crippen LogP contribution in [0.15, 0.2) is 0 Å². The molecule has 1 saturated heterocycles. The number of hydrogen-bond acceptors (Lipinski definition) is 7. The maximum absolute atomic E-state index is 9.25. The average Bonchev–Trinajstić information content (AvgIpc) is 2.15. The van der Waals surface area contributed by atoms with Crippen molar-refractivity contribution >= 4 is 12.9 Å². The molecule has 0 radical (unpaired) electrons. The smallest absolute Gasteiger partial charge is 0.199 e. The number of rotatable bonds is 2. The summed E-state index contributed by atoms with van der Waals surface area (Å²) in [5.41, 5.74) is 0. The van der Waals surface area contributed by atoms with E-state index in [2.05, 4.69) is 17.1 Å². The van der Waals surface area contributed by atoms with Crippen molar-refractivity contribution in [3.05, 3.63) is 0 Å². The summed E-state index contributed by atoms with van der Waals surface area (Å²) < 4.78 is 9.27. The van der Waals surface area contributed by atoms with Crippen molar-refractivity contribution in [1.82, 2.24) is 0 Å². The Morgan fingerprint density at radius 1 is 1.15 bits per heavy atom. The summed E-state index contributed by atoms with van der Waals surface area (Å²) in [5, 5.41) is 36.4. The molecule has 0 unspecified atom stereocenters. The zero-order chi connectivity index (χ0) is 10.0. The molecule has 1 aliphatic heterocycles. The summed E-state index contributed by atoms with van der Waals surface area (Å²) in [7, 11) is 0. The molecule has 0 aliphatic carbocycles. The van der Waals surface area contributed by atoms with Crippen LogP contribution in [0.2, 0.25) is 0 Å².